The number of carbonyl (C=O) groups excluding carboxylic acids is 1. The molecule has 4 atom stereocenters. The highest BCUT2D eigenvalue weighted by Crippen LogP contribution is 2.38. The van der Waals surface area contributed by atoms with Gasteiger partial charge in [-0.2, -0.15) is 11.8 Å². The monoisotopic (exact) mass is 494 g/mol. The Labute approximate surface area is 201 Å². The number of allylic oxidation sites excluding steroid dienone is 1. The smallest absolute Gasteiger partial charge is 0.313 e. The Balaban J connectivity index is 1.49. The summed E-state index contributed by atoms with van der Waals surface area (Å²) < 4.78 is 1.25. The van der Waals surface area contributed by atoms with Gasteiger partial charge in [-0.3, -0.25) is 9.59 Å². The fourth-order valence-corrected chi connectivity index (χ4v) is 7.27. The number of ketones is 1. The molecule has 0 saturated heterocycles. The Hall–Kier alpha value is -1.32. The molecular formula is C24H30O5S3. The quantitative estimate of drug-likeness (QED) is 0.283. The third-order valence-electron chi connectivity index (χ3n) is 5.58. The van der Waals surface area contributed by atoms with Gasteiger partial charge in [0.1, 0.15) is 5.78 Å². The van der Waals surface area contributed by atoms with Gasteiger partial charge in [0.05, 0.1) is 17.1 Å². The highest BCUT2D eigenvalue weighted by atomic mass is 32.2. The highest BCUT2D eigenvalue weighted by molar-refractivity contribution is 8.01. The van der Waals surface area contributed by atoms with E-state index in [0.717, 1.165) is 24.3 Å². The maximum atomic E-state index is 12.5. The first-order valence-electron chi connectivity index (χ1n) is 10.9. The minimum atomic E-state index is -0.810. The summed E-state index contributed by atoms with van der Waals surface area (Å²) in [5, 5.41) is 29.9. The number of carbonyl (C=O) groups is 2. The van der Waals surface area contributed by atoms with Crippen LogP contribution >= 0.6 is 34.9 Å². The molecule has 174 valence electrons. The van der Waals surface area contributed by atoms with Crippen LogP contribution in [0.4, 0.5) is 0 Å². The van der Waals surface area contributed by atoms with Gasteiger partial charge in [-0.25, -0.2) is 0 Å². The van der Waals surface area contributed by atoms with Gasteiger partial charge in [0.15, 0.2) is 0 Å². The van der Waals surface area contributed by atoms with Gasteiger partial charge in [-0.15, -0.1) is 23.1 Å². The summed E-state index contributed by atoms with van der Waals surface area (Å²) in [5.41, 5.74) is 0. The van der Waals surface area contributed by atoms with Crippen LogP contribution in [0.5, 0.6) is 0 Å². The SMILES string of the molecule is O=C(O)CSCCCSC1C(=O)C[C@@H](CO)[C@@H]1C=CC(O)CCc1cc2ccccc2s1. The number of aliphatic hydroxyl groups excluding tert-OH is 2. The van der Waals surface area contributed by atoms with E-state index < -0.39 is 12.1 Å². The number of Topliss-reactive ketones (excluding diaryl/α,β-unsaturated/α-hetero) is 1. The number of aliphatic hydroxyl groups is 2. The van der Waals surface area contributed by atoms with Crippen LogP contribution in [0.25, 0.3) is 10.1 Å². The van der Waals surface area contributed by atoms with Crippen molar-refractivity contribution in [3.8, 4) is 0 Å². The van der Waals surface area contributed by atoms with E-state index in [9.17, 15) is 19.8 Å². The molecule has 0 aliphatic heterocycles. The normalized spacial score (nSPS) is 22.2. The second-order valence-electron chi connectivity index (χ2n) is 8.02. The van der Waals surface area contributed by atoms with Gasteiger partial charge in [-0.05, 0) is 54.2 Å². The van der Waals surface area contributed by atoms with E-state index in [1.165, 1.54) is 26.7 Å². The zero-order chi connectivity index (χ0) is 22.9. The number of fused-ring (bicyclic) bond motifs is 1. The molecule has 1 aliphatic rings. The number of carboxylic acid groups (broad SMARTS) is 1. The first kappa shape index (κ1) is 25.3. The second-order valence-corrected chi connectivity index (χ2v) is 11.5. The van der Waals surface area contributed by atoms with Gasteiger partial charge < -0.3 is 15.3 Å². The van der Waals surface area contributed by atoms with Crippen LogP contribution < -0.4 is 0 Å². The van der Waals surface area contributed by atoms with E-state index in [1.807, 2.05) is 18.2 Å². The average Bonchev–Trinajstić information content (AvgIpc) is 3.33. The van der Waals surface area contributed by atoms with Crippen molar-refractivity contribution in [2.24, 2.45) is 11.8 Å². The number of aliphatic carboxylic acids is 1. The van der Waals surface area contributed by atoms with Crippen LogP contribution in [0.15, 0.2) is 42.5 Å². The Morgan fingerprint density at radius 1 is 1.28 bits per heavy atom. The number of benzene rings is 1. The predicted octanol–water partition coefficient (Wildman–Crippen LogP) is 4.26. The lowest BCUT2D eigenvalue weighted by atomic mass is 9.95. The summed E-state index contributed by atoms with van der Waals surface area (Å²) in [6, 6.07) is 10.4. The van der Waals surface area contributed by atoms with Crippen molar-refractivity contribution in [3.05, 3.63) is 47.4 Å². The van der Waals surface area contributed by atoms with Gasteiger partial charge >= 0.3 is 5.97 Å². The lowest BCUT2D eigenvalue weighted by molar-refractivity contribution is -0.133. The molecule has 2 unspecified atom stereocenters. The molecule has 1 aliphatic carbocycles. The Bertz CT molecular complexity index is 892. The molecule has 8 heteroatoms. The number of thiophene rings is 1. The minimum absolute atomic E-state index is 0.0375. The topological polar surface area (TPSA) is 94.8 Å². The van der Waals surface area contributed by atoms with E-state index in [1.54, 1.807) is 29.2 Å². The average molecular weight is 495 g/mol. The molecule has 1 saturated carbocycles. The molecular weight excluding hydrogens is 464 g/mol. The van der Waals surface area contributed by atoms with Crippen molar-refractivity contribution >= 4 is 56.7 Å². The summed E-state index contributed by atoms with van der Waals surface area (Å²) in [6.07, 6.45) is 5.75. The predicted molar refractivity (Wildman–Crippen MR) is 135 cm³/mol. The number of hydrogen-bond donors (Lipinski definition) is 3. The second kappa shape index (κ2) is 12.8. The molecule has 1 heterocycles. The van der Waals surface area contributed by atoms with Crippen molar-refractivity contribution in [2.45, 2.75) is 37.0 Å². The van der Waals surface area contributed by atoms with Crippen molar-refractivity contribution in [3.63, 3.8) is 0 Å². The molecule has 3 N–H and O–H groups in total. The lowest BCUT2D eigenvalue weighted by Crippen LogP contribution is -2.21. The Morgan fingerprint density at radius 2 is 2.09 bits per heavy atom. The molecule has 0 radical (unpaired) electrons. The van der Waals surface area contributed by atoms with Crippen LogP contribution in [-0.4, -0.2) is 62.3 Å². The summed E-state index contributed by atoms with van der Waals surface area (Å²) in [7, 11) is 0. The molecule has 0 bridgehead atoms. The summed E-state index contributed by atoms with van der Waals surface area (Å²) in [4.78, 5) is 24.3. The summed E-state index contributed by atoms with van der Waals surface area (Å²) in [6.45, 7) is -0.0375. The molecule has 32 heavy (non-hydrogen) atoms. The van der Waals surface area contributed by atoms with Crippen LogP contribution in [0.2, 0.25) is 0 Å². The van der Waals surface area contributed by atoms with Crippen LogP contribution in [0.3, 0.4) is 0 Å². The number of rotatable bonds is 13. The van der Waals surface area contributed by atoms with Crippen LogP contribution in [0, 0.1) is 11.8 Å². The van der Waals surface area contributed by atoms with E-state index >= 15 is 0 Å². The fourth-order valence-electron chi connectivity index (χ4n) is 3.95. The lowest BCUT2D eigenvalue weighted by Gasteiger charge is -2.19. The number of aryl methyl sites for hydroxylation is 1. The number of thioether (sulfide) groups is 2. The van der Waals surface area contributed by atoms with Crippen LogP contribution in [0.1, 0.15) is 24.1 Å². The molecule has 1 fully saturated rings. The van der Waals surface area contributed by atoms with E-state index in [4.69, 9.17) is 5.11 Å². The first-order valence-corrected chi connectivity index (χ1v) is 13.9. The number of carboxylic acids is 1. The van der Waals surface area contributed by atoms with Gasteiger partial charge in [0, 0.05) is 28.5 Å². The molecule has 2 aromatic rings. The van der Waals surface area contributed by atoms with Crippen molar-refractivity contribution in [1.82, 2.24) is 0 Å². The third-order valence-corrected chi connectivity index (χ3v) is 9.25. The maximum absolute atomic E-state index is 12.5. The molecule has 0 spiro atoms. The summed E-state index contributed by atoms with van der Waals surface area (Å²) >= 11 is 4.73. The first-order chi connectivity index (χ1) is 15.5. The minimum Gasteiger partial charge on any atom is -0.481 e. The summed E-state index contributed by atoms with van der Waals surface area (Å²) in [5.74, 6) is 0.790. The molecule has 0 amide bonds. The van der Waals surface area contributed by atoms with Gasteiger partial charge in [0.25, 0.3) is 0 Å². The molecule has 5 nitrogen and oxygen atoms in total. The molecule has 1 aromatic carbocycles. The van der Waals surface area contributed by atoms with E-state index in [0.29, 0.717) is 12.8 Å². The largest absolute Gasteiger partial charge is 0.481 e. The van der Waals surface area contributed by atoms with E-state index in [2.05, 4.69) is 18.2 Å². The highest BCUT2D eigenvalue weighted by Gasteiger charge is 2.40. The molecule has 1 aromatic heterocycles. The fraction of sp³-hybridized carbons (Fsp3) is 0.500. The zero-order valence-corrected chi connectivity index (χ0v) is 20.3. The standard InChI is InChI=1S/C24H30O5S3/c25-14-17-13-21(27)24(31-11-3-10-30-15-23(28)29)20(17)9-7-18(26)6-8-19-12-16-4-1-2-5-22(16)32-19/h1-2,4-5,7,9,12,17-18,20,24-26H,3,6,8,10-11,13-15H2,(H,28,29)/t17-,18?,20-,24?/m0/s1. The van der Waals surface area contributed by atoms with Crippen molar-refractivity contribution < 1.29 is 24.9 Å². The molecule has 3 rings (SSSR count). The van der Waals surface area contributed by atoms with E-state index in [-0.39, 0.29) is 35.2 Å². The van der Waals surface area contributed by atoms with Crippen LogP contribution in [-0.2, 0) is 16.0 Å². The van der Waals surface area contributed by atoms with Crippen molar-refractivity contribution in [1.29, 1.82) is 0 Å². The number of hydrogen-bond acceptors (Lipinski definition) is 7. The Morgan fingerprint density at radius 3 is 2.84 bits per heavy atom. The van der Waals surface area contributed by atoms with Gasteiger partial charge in [-0.1, -0.05) is 30.4 Å². The van der Waals surface area contributed by atoms with Crippen molar-refractivity contribution in [2.75, 3.05) is 23.9 Å². The third kappa shape index (κ3) is 7.35. The maximum Gasteiger partial charge on any atom is 0.313 e. The Kier molecular flexibility index (Phi) is 10.1. The zero-order valence-electron chi connectivity index (χ0n) is 17.9. The van der Waals surface area contributed by atoms with Gasteiger partial charge in [0.2, 0.25) is 0 Å².